The number of nitrogen functional groups attached to an aromatic ring is 1. The number of phenolic OH excluding ortho intramolecular Hbond substituents is 1. The van der Waals surface area contributed by atoms with Crippen molar-refractivity contribution in [1.29, 1.82) is 0 Å². The van der Waals surface area contributed by atoms with E-state index in [0.717, 1.165) is 11.1 Å². The van der Waals surface area contributed by atoms with Gasteiger partial charge in [0.15, 0.2) is 5.12 Å². The largest absolute Gasteiger partial charge is 0.505 e. The maximum absolute atomic E-state index is 11.3. The lowest BCUT2D eigenvalue weighted by atomic mass is 9.84. The molecule has 0 aliphatic heterocycles. The Balaban J connectivity index is 3.02. The van der Waals surface area contributed by atoms with Crippen molar-refractivity contribution < 1.29 is 9.90 Å². The highest BCUT2D eigenvalue weighted by Crippen LogP contribution is 2.36. The van der Waals surface area contributed by atoms with Crippen molar-refractivity contribution >= 4 is 22.6 Å². The molecule has 0 fully saturated rings. The number of thioether (sulfide) groups is 1. The molecule has 18 heavy (non-hydrogen) atoms. The zero-order valence-electron chi connectivity index (χ0n) is 11.4. The van der Waals surface area contributed by atoms with E-state index in [9.17, 15) is 9.90 Å². The molecule has 0 radical (unpaired) electrons. The van der Waals surface area contributed by atoms with Crippen molar-refractivity contribution in [2.24, 2.45) is 0 Å². The first-order valence-electron chi connectivity index (χ1n) is 5.94. The number of hydrogen-bond acceptors (Lipinski definition) is 4. The third kappa shape index (κ3) is 3.67. The summed E-state index contributed by atoms with van der Waals surface area (Å²) in [6.45, 7) is 6.08. The third-order valence-corrected chi connectivity index (χ3v) is 3.51. The Bertz CT molecular complexity index is 450. The lowest BCUT2D eigenvalue weighted by Crippen LogP contribution is -2.13. The smallest absolute Gasteiger partial charge is 0.189 e. The number of anilines is 1. The van der Waals surface area contributed by atoms with Gasteiger partial charge in [-0.05, 0) is 29.7 Å². The van der Waals surface area contributed by atoms with Crippen molar-refractivity contribution in [2.75, 3.05) is 12.0 Å². The first kappa shape index (κ1) is 14.9. The van der Waals surface area contributed by atoms with Crippen LogP contribution < -0.4 is 5.73 Å². The van der Waals surface area contributed by atoms with E-state index in [4.69, 9.17) is 5.73 Å². The molecule has 0 saturated heterocycles. The summed E-state index contributed by atoms with van der Waals surface area (Å²) in [6, 6.07) is 3.69. The number of carbonyl (C=O) groups is 1. The van der Waals surface area contributed by atoms with Gasteiger partial charge in [-0.1, -0.05) is 38.6 Å². The van der Waals surface area contributed by atoms with E-state index >= 15 is 0 Å². The quantitative estimate of drug-likeness (QED) is 0.652. The minimum Gasteiger partial charge on any atom is -0.505 e. The van der Waals surface area contributed by atoms with E-state index < -0.39 is 0 Å². The summed E-state index contributed by atoms with van der Waals surface area (Å²) in [6.07, 6.45) is 2.94. The summed E-state index contributed by atoms with van der Waals surface area (Å²) in [5, 5.41) is 10.2. The van der Waals surface area contributed by atoms with E-state index in [1.165, 1.54) is 11.8 Å². The average molecular weight is 267 g/mol. The summed E-state index contributed by atoms with van der Waals surface area (Å²) >= 11 is 1.24. The topological polar surface area (TPSA) is 63.3 Å². The molecule has 0 aliphatic carbocycles. The summed E-state index contributed by atoms with van der Waals surface area (Å²) in [4.78, 5) is 11.3. The van der Waals surface area contributed by atoms with Crippen molar-refractivity contribution in [1.82, 2.24) is 0 Å². The molecule has 0 bridgehead atoms. The minimum atomic E-state index is -0.169. The molecule has 0 spiro atoms. The van der Waals surface area contributed by atoms with E-state index in [0.29, 0.717) is 18.5 Å². The molecule has 4 heteroatoms. The predicted octanol–water partition coefficient (Wildman–Crippen LogP) is 3.09. The van der Waals surface area contributed by atoms with Gasteiger partial charge in [0, 0.05) is 12.0 Å². The number of carbonyl (C=O) groups excluding carboxylic acids is 1. The Labute approximate surface area is 113 Å². The second-order valence-electron chi connectivity index (χ2n) is 5.41. The SMILES string of the molecule is CSC(=O)CCc1cc(N)c(O)c(C(C)(C)C)c1. The van der Waals surface area contributed by atoms with Gasteiger partial charge in [0.05, 0.1) is 5.69 Å². The van der Waals surface area contributed by atoms with Crippen LogP contribution in [-0.2, 0) is 16.6 Å². The van der Waals surface area contributed by atoms with Gasteiger partial charge in [0.1, 0.15) is 5.75 Å². The summed E-state index contributed by atoms with van der Waals surface area (Å²) in [7, 11) is 0. The molecule has 3 nitrogen and oxygen atoms in total. The monoisotopic (exact) mass is 267 g/mol. The van der Waals surface area contributed by atoms with Gasteiger partial charge in [0.25, 0.3) is 0 Å². The molecule has 0 heterocycles. The molecule has 1 aromatic rings. The summed E-state index contributed by atoms with van der Waals surface area (Å²) in [5.74, 6) is 0.155. The van der Waals surface area contributed by atoms with Gasteiger partial charge in [-0.3, -0.25) is 4.79 Å². The number of rotatable bonds is 3. The van der Waals surface area contributed by atoms with E-state index in [-0.39, 0.29) is 16.3 Å². The Morgan fingerprint density at radius 1 is 1.39 bits per heavy atom. The molecule has 0 aromatic heterocycles. The van der Waals surface area contributed by atoms with Crippen LogP contribution in [0.2, 0.25) is 0 Å². The van der Waals surface area contributed by atoms with Crippen molar-refractivity contribution in [3.05, 3.63) is 23.3 Å². The lowest BCUT2D eigenvalue weighted by Gasteiger charge is -2.22. The normalized spacial score (nSPS) is 11.6. The maximum Gasteiger partial charge on any atom is 0.189 e. The molecule has 1 rings (SSSR count). The van der Waals surface area contributed by atoms with Crippen molar-refractivity contribution in [3.63, 3.8) is 0 Å². The number of aromatic hydroxyl groups is 1. The van der Waals surface area contributed by atoms with Crippen molar-refractivity contribution in [2.45, 2.75) is 39.0 Å². The lowest BCUT2D eigenvalue weighted by molar-refractivity contribution is -0.110. The van der Waals surface area contributed by atoms with Gasteiger partial charge < -0.3 is 10.8 Å². The van der Waals surface area contributed by atoms with Crippen LogP contribution in [0, 0.1) is 0 Å². The third-order valence-electron chi connectivity index (χ3n) is 2.85. The van der Waals surface area contributed by atoms with Crippen molar-refractivity contribution in [3.8, 4) is 5.75 Å². The van der Waals surface area contributed by atoms with Gasteiger partial charge in [-0.2, -0.15) is 0 Å². The molecule has 0 amide bonds. The van der Waals surface area contributed by atoms with E-state index in [1.54, 1.807) is 12.3 Å². The van der Waals surface area contributed by atoms with Crippen LogP contribution in [0.3, 0.4) is 0 Å². The van der Waals surface area contributed by atoms with Crippen LogP contribution >= 0.6 is 11.8 Å². The molecular weight excluding hydrogens is 246 g/mol. The second kappa shape index (κ2) is 5.65. The first-order valence-corrected chi connectivity index (χ1v) is 7.17. The maximum atomic E-state index is 11.3. The highest BCUT2D eigenvalue weighted by atomic mass is 32.2. The number of benzene rings is 1. The average Bonchev–Trinajstić information content (AvgIpc) is 2.28. The standard InChI is InChI=1S/C14H21NO2S/c1-14(2,3)10-7-9(5-6-12(16)18-4)8-11(15)13(10)17/h7-8,17H,5-6,15H2,1-4H3. The summed E-state index contributed by atoms with van der Waals surface area (Å²) in [5.41, 5.74) is 7.86. The highest BCUT2D eigenvalue weighted by Gasteiger charge is 2.20. The minimum absolute atomic E-state index is 0.155. The van der Waals surface area contributed by atoms with Crippen LogP contribution in [0.15, 0.2) is 12.1 Å². The van der Waals surface area contributed by atoms with Gasteiger partial charge in [0.2, 0.25) is 0 Å². The fourth-order valence-electron chi connectivity index (χ4n) is 1.78. The fraction of sp³-hybridized carbons (Fsp3) is 0.500. The molecule has 100 valence electrons. The first-order chi connectivity index (χ1) is 8.25. The molecule has 0 saturated carbocycles. The Morgan fingerprint density at radius 3 is 2.50 bits per heavy atom. The van der Waals surface area contributed by atoms with Crippen LogP contribution in [0.1, 0.15) is 38.3 Å². The highest BCUT2D eigenvalue weighted by molar-refractivity contribution is 8.13. The predicted molar refractivity (Wildman–Crippen MR) is 78.1 cm³/mol. The zero-order chi connectivity index (χ0) is 13.9. The van der Waals surface area contributed by atoms with Gasteiger partial charge in [-0.15, -0.1) is 0 Å². The second-order valence-corrected chi connectivity index (χ2v) is 6.27. The Hall–Kier alpha value is -1.16. The zero-order valence-corrected chi connectivity index (χ0v) is 12.2. The number of nitrogens with two attached hydrogens (primary N) is 1. The molecule has 0 atom stereocenters. The molecule has 0 unspecified atom stereocenters. The number of hydrogen-bond donors (Lipinski definition) is 2. The molecular formula is C14H21NO2S. The van der Waals surface area contributed by atoms with E-state index in [2.05, 4.69) is 0 Å². The van der Waals surface area contributed by atoms with Crippen LogP contribution in [0.25, 0.3) is 0 Å². The molecule has 0 aliphatic rings. The number of aryl methyl sites for hydroxylation is 1. The Kier molecular flexibility index (Phi) is 4.68. The molecule has 1 aromatic carbocycles. The van der Waals surface area contributed by atoms with Crippen LogP contribution in [0.5, 0.6) is 5.75 Å². The Morgan fingerprint density at radius 2 is 2.00 bits per heavy atom. The summed E-state index contributed by atoms with van der Waals surface area (Å²) < 4.78 is 0. The van der Waals surface area contributed by atoms with Gasteiger partial charge in [-0.25, -0.2) is 0 Å². The fourth-order valence-corrected chi connectivity index (χ4v) is 2.09. The van der Waals surface area contributed by atoms with Gasteiger partial charge >= 0.3 is 0 Å². The van der Waals surface area contributed by atoms with E-state index in [1.807, 2.05) is 26.8 Å². The number of phenols is 1. The molecule has 3 N–H and O–H groups in total. The van der Waals surface area contributed by atoms with Crippen LogP contribution in [0.4, 0.5) is 5.69 Å². The van der Waals surface area contributed by atoms with Crippen LogP contribution in [-0.4, -0.2) is 16.5 Å².